The van der Waals surface area contributed by atoms with Crippen LogP contribution in [-0.4, -0.2) is 48.7 Å². The third kappa shape index (κ3) is 3.62. The van der Waals surface area contributed by atoms with Crippen LogP contribution in [0.2, 0.25) is 0 Å². The molecule has 0 aromatic heterocycles. The Kier molecular flexibility index (Phi) is 5.58. The van der Waals surface area contributed by atoms with Gasteiger partial charge in [-0.05, 0) is 63.7 Å². The number of ether oxygens (including phenoxy) is 1. The van der Waals surface area contributed by atoms with Crippen molar-refractivity contribution in [3.05, 3.63) is 29.8 Å². The minimum absolute atomic E-state index is 0.163. The Morgan fingerprint density at radius 3 is 2.79 bits per heavy atom. The number of rotatable bonds is 3. The molecule has 0 bridgehead atoms. The molecule has 152 valence electrons. The van der Waals surface area contributed by atoms with Crippen LogP contribution in [-0.2, 0) is 14.9 Å². The predicted molar refractivity (Wildman–Crippen MR) is 108 cm³/mol. The second kappa shape index (κ2) is 8.11. The molecule has 2 aliphatic heterocycles. The maximum Gasteiger partial charge on any atom is 0.407 e. The van der Waals surface area contributed by atoms with E-state index < -0.39 is 0 Å². The molecule has 2 fully saturated rings. The van der Waals surface area contributed by atoms with Gasteiger partial charge in [0, 0.05) is 17.8 Å². The van der Waals surface area contributed by atoms with Gasteiger partial charge in [-0.3, -0.25) is 4.79 Å². The number of carbonyl (C=O) groups is 2. The number of para-hydroxylation sites is 1. The molecule has 1 spiro atoms. The highest BCUT2D eigenvalue weighted by Crippen LogP contribution is 2.45. The summed E-state index contributed by atoms with van der Waals surface area (Å²) >= 11 is 0. The van der Waals surface area contributed by atoms with Gasteiger partial charge in [0.25, 0.3) is 0 Å². The summed E-state index contributed by atoms with van der Waals surface area (Å²) in [7, 11) is 0. The van der Waals surface area contributed by atoms with Gasteiger partial charge in [-0.1, -0.05) is 31.0 Å². The Labute approximate surface area is 167 Å². The van der Waals surface area contributed by atoms with E-state index in [-0.39, 0.29) is 23.5 Å². The number of carbonyl (C=O) groups excluding carboxylic acids is 2. The fraction of sp³-hybridized carbons (Fsp3) is 0.636. The van der Waals surface area contributed by atoms with E-state index in [9.17, 15) is 9.59 Å². The second-order valence-corrected chi connectivity index (χ2v) is 8.35. The summed E-state index contributed by atoms with van der Waals surface area (Å²) in [6, 6.07) is 8.77. The van der Waals surface area contributed by atoms with Gasteiger partial charge in [-0.25, -0.2) is 4.79 Å². The minimum Gasteiger partial charge on any atom is -0.450 e. The van der Waals surface area contributed by atoms with E-state index in [1.165, 1.54) is 12.0 Å². The predicted octanol–water partition coefficient (Wildman–Crippen LogP) is 3.42. The maximum atomic E-state index is 12.8. The summed E-state index contributed by atoms with van der Waals surface area (Å²) in [5.74, 6) is 0.163. The van der Waals surface area contributed by atoms with Crippen LogP contribution in [0.25, 0.3) is 0 Å². The number of benzene rings is 1. The Morgan fingerprint density at radius 2 is 2.00 bits per heavy atom. The highest BCUT2D eigenvalue weighted by Gasteiger charge is 2.48. The van der Waals surface area contributed by atoms with Crippen LogP contribution >= 0.6 is 0 Å². The maximum absolute atomic E-state index is 12.8. The van der Waals surface area contributed by atoms with Gasteiger partial charge < -0.3 is 20.3 Å². The molecule has 4 rings (SSSR count). The first-order chi connectivity index (χ1) is 13.6. The van der Waals surface area contributed by atoms with Crippen LogP contribution in [0.4, 0.5) is 10.5 Å². The van der Waals surface area contributed by atoms with Crippen LogP contribution in [0.15, 0.2) is 24.3 Å². The van der Waals surface area contributed by atoms with Crippen molar-refractivity contribution >= 4 is 17.7 Å². The number of likely N-dealkylation sites (tertiary alicyclic amines) is 1. The molecule has 6 nitrogen and oxygen atoms in total. The van der Waals surface area contributed by atoms with Crippen LogP contribution < -0.4 is 10.6 Å². The first-order valence-corrected chi connectivity index (χ1v) is 10.7. The summed E-state index contributed by atoms with van der Waals surface area (Å²) in [4.78, 5) is 27.2. The highest BCUT2D eigenvalue weighted by molar-refractivity contribution is 6.06. The monoisotopic (exact) mass is 385 g/mol. The van der Waals surface area contributed by atoms with Crippen LogP contribution in [0.1, 0.15) is 57.4 Å². The first kappa shape index (κ1) is 19.2. The van der Waals surface area contributed by atoms with Crippen molar-refractivity contribution in [3.63, 3.8) is 0 Å². The van der Waals surface area contributed by atoms with Crippen molar-refractivity contribution in [2.24, 2.45) is 0 Å². The lowest BCUT2D eigenvalue weighted by Crippen LogP contribution is -2.51. The fourth-order valence-electron chi connectivity index (χ4n) is 5.28. The smallest absolute Gasteiger partial charge is 0.407 e. The second-order valence-electron chi connectivity index (χ2n) is 8.35. The van der Waals surface area contributed by atoms with Crippen molar-refractivity contribution in [2.75, 3.05) is 25.0 Å². The molecule has 28 heavy (non-hydrogen) atoms. The van der Waals surface area contributed by atoms with E-state index >= 15 is 0 Å². The van der Waals surface area contributed by atoms with E-state index in [0.717, 1.165) is 57.3 Å². The molecule has 1 saturated heterocycles. The summed E-state index contributed by atoms with van der Waals surface area (Å²) < 4.78 is 5.07. The third-order valence-corrected chi connectivity index (χ3v) is 6.79. The normalized spacial score (nSPS) is 27.0. The molecule has 1 saturated carbocycles. The van der Waals surface area contributed by atoms with E-state index in [2.05, 4.69) is 21.6 Å². The van der Waals surface area contributed by atoms with Gasteiger partial charge in [-0.2, -0.15) is 0 Å². The number of anilines is 1. The van der Waals surface area contributed by atoms with E-state index in [1.807, 2.05) is 25.1 Å². The van der Waals surface area contributed by atoms with Crippen molar-refractivity contribution in [1.29, 1.82) is 0 Å². The van der Waals surface area contributed by atoms with Crippen LogP contribution in [0.5, 0.6) is 0 Å². The van der Waals surface area contributed by atoms with Crippen LogP contribution in [0.3, 0.4) is 0 Å². The average molecular weight is 386 g/mol. The summed E-state index contributed by atoms with van der Waals surface area (Å²) in [6.45, 7) is 4.09. The number of fused-ring (bicyclic) bond motifs is 2. The molecule has 1 aliphatic carbocycles. The SMILES string of the molecule is CCOC(=O)NC1CCCCC(N2CCC3(CC2)C(=O)Nc2ccccc23)C1. The van der Waals surface area contributed by atoms with Crippen molar-refractivity contribution in [2.45, 2.75) is 69.4 Å². The lowest BCUT2D eigenvalue weighted by molar-refractivity contribution is -0.122. The number of hydrogen-bond donors (Lipinski definition) is 2. The summed E-state index contributed by atoms with van der Waals surface area (Å²) in [6.07, 6.45) is 6.90. The Hall–Kier alpha value is -2.08. The number of nitrogens with zero attached hydrogens (tertiary/aromatic N) is 1. The first-order valence-electron chi connectivity index (χ1n) is 10.7. The largest absolute Gasteiger partial charge is 0.450 e. The zero-order valence-corrected chi connectivity index (χ0v) is 16.7. The van der Waals surface area contributed by atoms with Crippen LogP contribution in [0, 0.1) is 0 Å². The number of nitrogens with one attached hydrogen (secondary N) is 2. The Morgan fingerprint density at radius 1 is 1.25 bits per heavy atom. The molecule has 1 aromatic rings. The number of piperidine rings is 1. The van der Waals surface area contributed by atoms with Gasteiger partial charge >= 0.3 is 6.09 Å². The molecule has 2 amide bonds. The lowest BCUT2D eigenvalue weighted by atomic mass is 9.73. The van der Waals surface area contributed by atoms with Gasteiger partial charge in [0.15, 0.2) is 0 Å². The molecule has 6 heteroatoms. The molecule has 2 heterocycles. The van der Waals surface area contributed by atoms with E-state index in [1.54, 1.807) is 0 Å². The molecule has 3 aliphatic rings. The summed E-state index contributed by atoms with van der Waals surface area (Å²) in [5, 5.41) is 6.13. The lowest BCUT2D eigenvalue weighted by Gasteiger charge is -2.42. The molecule has 1 aromatic carbocycles. The number of alkyl carbamates (subject to hydrolysis) is 1. The van der Waals surface area contributed by atoms with Gasteiger partial charge in [0.2, 0.25) is 5.91 Å². The zero-order chi connectivity index (χ0) is 19.6. The Bertz CT molecular complexity index is 727. The third-order valence-electron chi connectivity index (χ3n) is 6.79. The van der Waals surface area contributed by atoms with Crippen molar-refractivity contribution in [3.8, 4) is 0 Å². The van der Waals surface area contributed by atoms with Gasteiger partial charge in [-0.15, -0.1) is 0 Å². The number of amides is 2. The standard InChI is InChI=1S/C22H31N3O3/c1-2-28-21(27)23-16-7-3-4-8-17(15-16)25-13-11-22(12-14-25)18-9-5-6-10-19(18)24-20(22)26/h5-6,9-10,16-17H,2-4,7-8,11-15H2,1H3,(H,23,27)(H,24,26). The summed E-state index contributed by atoms with van der Waals surface area (Å²) in [5.41, 5.74) is 1.79. The molecule has 0 radical (unpaired) electrons. The van der Waals surface area contributed by atoms with Crippen molar-refractivity contribution in [1.82, 2.24) is 10.2 Å². The molecular weight excluding hydrogens is 354 g/mol. The van der Waals surface area contributed by atoms with Gasteiger partial charge in [0.05, 0.1) is 12.0 Å². The topological polar surface area (TPSA) is 70.7 Å². The fourth-order valence-corrected chi connectivity index (χ4v) is 5.28. The zero-order valence-electron chi connectivity index (χ0n) is 16.7. The van der Waals surface area contributed by atoms with E-state index in [4.69, 9.17) is 4.74 Å². The van der Waals surface area contributed by atoms with Crippen molar-refractivity contribution < 1.29 is 14.3 Å². The molecule has 2 N–H and O–H groups in total. The number of hydrogen-bond acceptors (Lipinski definition) is 4. The average Bonchev–Trinajstić information content (AvgIpc) is 2.84. The van der Waals surface area contributed by atoms with Gasteiger partial charge in [0.1, 0.15) is 0 Å². The molecule has 2 unspecified atom stereocenters. The minimum atomic E-state index is -0.361. The highest BCUT2D eigenvalue weighted by atomic mass is 16.5. The van der Waals surface area contributed by atoms with E-state index in [0.29, 0.717) is 12.6 Å². The molecule has 2 atom stereocenters. The quantitative estimate of drug-likeness (QED) is 0.782. The Balaban J connectivity index is 1.40. The molecular formula is C22H31N3O3.